The van der Waals surface area contributed by atoms with Gasteiger partial charge in [-0.3, -0.25) is 14.6 Å². The molecule has 2 aromatic rings. The van der Waals surface area contributed by atoms with Gasteiger partial charge in [-0.05, 0) is 49.9 Å². The van der Waals surface area contributed by atoms with Crippen LogP contribution in [0.3, 0.4) is 0 Å². The molecule has 4 rings (SSSR count). The summed E-state index contributed by atoms with van der Waals surface area (Å²) in [6.45, 7) is 4.86. The number of primary amides is 1. The molecule has 2 aromatic carbocycles. The second kappa shape index (κ2) is 11.1. The topological polar surface area (TPSA) is 75.6 Å². The number of hydrogen-bond donors (Lipinski definition) is 2. The molecule has 0 radical (unpaired) electrons. The van der Waals surface area contributed by atoms with Crippen LogP contribution in [-0.4, -0.2) is 47.4 Å². The molecular formula is C24H34N4O. The quantitative estimate of drug-likeness (QED) is 0.790. The number of benzene rings is 2. The molecule has 2 saturated heterocycles. The van der Waals surface area contributed by atoms with E-state index in [2.05, 4.69) is 52.3 Å². The van der Waals surface area contributed by atoms with E-state index in [0.29, 0.717) is 6.04 Å². The zero-order valence-corrected chi connectivity index (χ0v) is 17.2. The Bertz CT molecular complexity index is 737. The average molecular weight is 395 g/mol. The first-order chi connectivity index (χ1) is 14.2. The van der Waals surface area contributed by atoms with Crippen molar-refractivity contribution in [2.75, 3.05) is 19.6 Å². The smallest absolute Gasteiger partial charge is 0.234 e. The van der Waals surface area contributed by atoms with Gasteiger partial charge in [-0.25, -0.2) is 0 Å². The molecule has 2 atom stereocenters. The van der Waals surface area contributed by atoms with Crippen molar-refractivity contribution >= 4 is 5.91 Å². The first-order valence-electron chi connectivity index (χ1n) is 10.7. The Morgan fingerprint density at radius 1 is 0.828 bits per heavy atom. The van der Waals surface area contributed by atoms with Gasteiger partial charge in [0.25, 0.3) is 0 Å². The van der Waals surface area contributed by atoms with Crippen LogP contribution in [0.25, 0.3) is 0 Å². The van der Waals surface area contributed by atoms with Crippen molar-refractivity contribution in [2.45, 2.75) is 50.9 Å². The summed E-state index contributed by atoms with van der Waals surface area (Å²) in [5.41, 5.74) is 13.7. The fourth-order valence-electron chi connectivity index (χ4n) is 4.34. The molecule has 0 saturated carbocycles. The highest BCUT2D eigenvalue weighted by Gasteiger charge is 2.28. The average Bonchev–Trinajstić information content (AvgIpc) is 3.39. The van der Waals surface area contributed by atoms with Crippen molar-refractivity contribution in [3.8, 4) is 0 Å². The largest absolute Gasteiger partial charge is 0.368 e. The maximum absolute atomic E-state index is 11.2. The van der Waals surface area contributed by atoms with Crippen molar-refractivity contribution in [2.24, 2.45) is 11.5 Å². The Balaban J connectivity index is 0.000000166. The second-order valence-corrected chi connectivity index (χ2v) is 8.00. The first kappa shape index (κ1) is 21.5. The van der Waals surface area contributed by atoms with Gasteiger partial charge in [-0.15, -0.1) is 0 Å². The van der Waals surface area contributed by atoms with Crippen LogP contribution in [0.1, 0.15) is 36.8 Å². The van der Waals surface area contributed by atoms with E-state index in [4.69, 9.17) is 11.5 Å². The van der Waals surface area contributed by atoms with E-state index in [1.165, 1.54) is 30.5 Å². The van der Waals surface area contributed by atoms with E-state index < -0.39 is 0 Å². The Hall–Kier alpha value is -2.21. The number of carbonyl (C=O) groups is 1. The zero-order valence-electron chi connectivity index (χ0n) is 17.2. The maximum atomic E-state index is 11.2. The summed E-state index contributed by atoms with van der Waals surface area (Å²) in [6.07, 6.45) is 4.54. The second-order valence-electron chi connectivity index (χ2n) is 8.00. The fraction of sp³-hybridized carbons (Fsp3) is 0.458. The lowest BCUT2D eigenvalue weighted by Gasteiger charge is -2.22. The molecule has 4 N–H and O–H groups in total. The molecule has 2 aliphatic heterocycles. The molecule has 2 aliphatic rings. The molecule has 156 valence electrons. The van der Waals surface area contributed by atoms with Crippen molar-refractivity contribution < 1.29 is 4.79 Å². The SMILES string of the molecule is NC(=O)[C@@H]1CCCN1Cc1ccccc1.NC[C@@H]1CCCN1Cc1ccccc1. The summed E-state index contributed by atoms with van der Waals surface area (Å²) in [5, 5.41) is 0. The Morgan fingerprint density at radius 3 is 1.90 bits per heavy atom. The molecule has 0 spiro atoms. The number of carbonyl (C=O) groups excluding carboxylic acids is 1. The lowest BCUT2D eigenvalue weighted by molar-refractivity contribution is -0.122. The van der Waals surface area contributed by atoms with Gasteiger partial charge in [0.1, 0.15) is 0 Å². The van der Waals surface area contributed by atoms with Gasteiger partial charge in [-0.1, -0.05) is 60.7 Å². The van der Waals surface area contributed by atoms with E-state index in [1.54, 1.807) is 0 Å². The summed E-state index contributed by atoms with van der Waals surface area (Å²) >= 11 is 0. The van der Waals surface area contributed by atoms with Gasteiger partial charge >= 0.3 is 0 Å². The number of hydrogen-bond acceptors (Lipinski definition) is 4. The Labute approximate surface area is 174 Å². The maximum Gasteiger partial charge on any atom is 0.234 e. The summed E-state index contributed by atoms with van der Waals surface area (Å²) < 4.78 is 0. The predicted molar refractivity (Wildman–Crippen MR) is 118 cm³/mol. The van der Waals surface area contributed by atoms with E-state index in [1.807, 2.05) is 18.2 Å². The van der Waals surface area contributed by atoms with Gasteiger partial charge in [0.2, 0.25) is 5.91 Å². The number of rotatable bonds is 6. The molecular weight excluding hydrogens is 360 g/mol. The highest BCUT2D eigenvalue weighted by atomic mass is 16.1. The molecule has 5 heteroatoms. The molecule has 29 heavy (non-hydrogen) atoms. The molecule has 2 fully saturated rings. The van der Waals surface area contributed by atoms with E-state index in [-0.39, 0.29) is 11.9 Å². The van der Waals surface area contributed by atoms with Crippen LogP contribution in [-0.2, 0) is 17.9 Å². The number of amides is 1. The third-order valence-electron chi connectivity index (χ3n) is 5.92. The Morgan fingerprint density at radius 2 is 1.34 bits per heavy atom. The summed E-state index contributed by atoms with van der Waals surface area (Å²) in [6, 6.07) is 21.4. The third-order valence-corrected chi connectivity index (χ3v) is 5.92. The normalized spacial score (nSPS) is 22.2. The predicted octanol–water partition coefficient (Wildman–Crippen LogP) is 2.75. The Kier molecular flexibility index (Phi) is 8.23. The van der Waals surface area contributed by atoms with Gasteiger partial charge in [0, 0.05) is 25.7 Å². The van der Waals surface area contributed by atoms with Crippen LogP contribution in [0.2, 0.25) is 0 Å². The lowest BCUT2D eigenvalue weighted by Crippen LogP contribution is -2.39. The standard InChI is InChI=1S/C12H16N2O.C12H18N2/c13-12(15)11-7-4-8-14(11)9-10-5-2-1-3-6-10;13-9-12-7-4-8-14(12)10-11-5-2-1-3-6-11/h1-3,5-6,11H,4,7-9H2,(H2,13,15);1-3,5-6,12H,4,7-10,13H2/t11-;12-/m00/s1. The molecule has 5 nitrogen and oxygen atoms in total. The summed E-state index contributed by atoms with van der Waals surface area (Å²) in [7, 11) is 0. The van der Waals surface area contributed by atoms with E-state index in [9.17, 15) is 4.79 Å². The van der Waals surface area contributed by atoms with Crippen molar-refractivity contribution in [1.29, 1.82) is 0 Å². The van der Waals surface area contributed by atoms with Crippen LogP contribution >= 0.6 is 0 Å². The molecule has 0 aliphatic carbocycles. The lowest BCUT2D eigenvalue weighted by atomic mass is 10.2. The van der Waals surface area contributed by atoms with Crippen LogP contribution in [0.5, 0.6) is 0 Å². The van der Waals surface area contributed by atoms with E-state index in [0.717, 1.165) is 39.0 Å². The van der Waals surface area contributed by atoms with Gasteiger partial charge in [-0.2, -0.15) is 0 Å². The summed E-state index contributed by atoms with van der Waals surface area (Å²) in [5.74, 6) is -0.191. The molecule has 1 amide bonds. The molecule has 0 aromatic heterocycles. The van der Waals surface area contributed by atoms with Gasteiger partial charge in [0.15, 0.2) is 0 Å². The highest BCUT2D eigenvalue weighted by Crippen LogP contribution is 2.20. The van der Waals surface area contributed by atoms with Gasteiger partial charge < -0.3 is 11.5 Å². The third kappa shape index (κ3) is 6.39. The zero-order chi connectivity index (χ0) is 20.5. The number of nitrogens with zero attached hydrogens (tertiary/aromatic N) is 2. The van der Waals surface area contributed by atoms with Gasteiger partial charge in [0.05, 0.1) is 6.04 Å². The highest BCUT2D eigenvalue weighted by molar-refractivity contribution is 5.80. The number of nitrogens with two attached hydrogens (primary N) is 2. The summed E-state index contributed by atoms with van der Waals surface area (Å²) in [4.78, 5) is 15.8. The minimum Gasteiger partial charge on any atom is -0.368 e. The minimum absolute atomic E-state index is 0.0646. The molecule has 0 bridgehead atoms. The van der Waals surface area contributed by atoms with E-state index >= 15 is 0 Å². The molecule has 2 heterocycles. The number of likely N-dealkylation sites (tertiary alicyclic amines) is 2. The first-order valence-corrected chi connectivity index (χ1v) is 10.7. The van der Waals surface area contributed by atoms with Crippen molar-refractivity contribution in [1.82, 2.24) is 9.80 Å². The van der Waals surface area contributed by atoms with Crippen LogP contribution in [0.4, 0.5) is 0 Å². The van der Waals surface area contributed by atoms with Crippen LogP contribution in [0.15, 0.2) is 60.7 Å². The van der Waals surface area contributed by atoms with Crippen LogP contribution in [0, 0.1) is 0 Å². The monoisotopic (exact) mass is 394 g/mol. The van der Waals surface area contributed by atoms with Crippen LogP contribution < -0.4 is 11.5 Å². The minimum atomic E-state index is -0.191. The van der Waals surface area contributed by atoms with Crippen molar-refractivity contribution in [3.05, 3.63) is 71.8 Å². The van der Waals surface area contributed by atoms with Crippen molar-refractivity contribution in [3.63, 3.8) is 0 Å². The fourth-order valence-corrected chi connectivity index (χ4v) is 4.34. The molecule has 0 unspecified atom stereocenters.